The molecule has 20 heavy (non-hydrogen) atoms. The van der Waals surface area contributed by atoms with Gasteiger partial charge in [-0.25, -0.2) is 0 Å². The van der Waals surface area contributed by atoms with E-state index in [0.29, 0.717) is 6.42 Å². The monoisotopic (exact) mass is 339 g/mol. The van der Waals surface area contributed by atoms with E-state index in [4.69, 9.17) is 0 Å². The molecule has 0 atom stereocenters. The Morgan fingerprint density at radius 3 is 2.10 bits per heavy atom. The molecule has 1 aromatic carbocycles. The first-order valence-corrected chi connectivity index (χ1v) is 8.57. The van der Waals surface area contributed by atoms with Gasteiger partial charge in [0.1, 0.15) is 0 Å². The lowest BCUT2D eigenvalue weighted by Gasteiger charge is -2.05. The van der Waals surface area contributed by atoms with E-state index in [0.717, 1.165) is 16.6 Å². The number of amides is 1. The molecule has 1 aromatic rings. The van der Waals surface area contributed by atoms with Crippen LogP contribution in [0.15, 0.2) is 28.7 Å². The summed E-state index contributed by atoms with van der Waals surface area (Å²) >= 11 is 3.38. The first-order valence-electron chi connectivity index (χ1n) is 7.78. The number of benzene rings is 1. The zero-order valence-corrected chi connectivity index (χ0v) is 14.0. The molecule has 0 bridgehead atoms. The van der Waals surface area contributed by atoms with Crippen LogP contribution >= 0.6 is 15.9 Å². The number of carbonyl (C=O) groups is 1. The van der Waals surface area contributed by atoms with Crippen LogP contribution in [0.5, 0.6) is 0 Å². The van der Waals surface area contributed by atoms with E-state index in [1.807, 2.05) is 24.3 Å². The number of nitrogens with one attached hydrogen (secondary N) is 1. The fourth-order valence-corrected chi connectivity index (χ4v) is 2.44. The quantitative estimate of drug-likeness (QED) is 0.526. The molecule has 1 amide bonds. The summed E-state index contributed by atoms with van der Waals surface area (Å²) < 4.78 is 1.03. The summed E-state index contributed by atoms with van der Waals surface area (Å²) in [6, 6.07) is 7.70. The molecule has 3 heteroatoms. The van der Waals surface area contributed by atoms with Gasteiger partial charge in [-0.3, -0.25) is 4.79 Å². The Kier molecular flexibility index (Phi) is 9.38. The second kappa shape index (κ2) is 10.9. The van der Waals surface area contributed by atoms with Crippen LogP contribution in [0, 0.1) is 0 Å². The Bertz CT molecular complexity index is 375. The van der Waals surface area contributed by atoms with E-state index in [-0.39, 0.29) is 5.91 Å². The van der Waals surface area contributed by atoms with Gasteiger partial charge in [0.05, 0.1) is 0 Å². The fraction of sp³-hybridized carbons (Fsp3) is 0.588. The molecule has 0 unspecified atom stereocenters. The largest absolute Gasteiger partial charge is 0.326 e. The molecule has 0 aliphatic carbocycles. The molecule has 0 aromatic heterocycles. The Balaban J connectivity index is 2.01. The third-order valence-corrected chi connectivity index (χ3v) is 3.91. The SMILES string of the molecule is CCCCCCCCCCC(=O)Nc1ccc(Br)cc1. The van der Waals surface area contributed by atoms with Crippen LogP contribution in [0.4, 0.5) is 5.69 Å². The summed E-state index contributed by atoms with van der Waals surface area (Å²) in [6.07, 6.45) is 10.7. The summed E-state index contributed by atoms with van der Waals surface area (Å²) in [5.74, 6) is 0.123. The molecule has 0 radical (unpaired) electrons. The van der Waals surface area contributed by atoms with Crippen molar-refractivity contribution in [2.45, 2.75) is 64.7 Å². The number of carbonyl (C=O) groups excluding carboxylic acids is 1. The highest BCUT2D eigenvalue weighted by molar-refractivity contribution is 9.10. The highest BCUT2D eigenvalue weighted by atomic mass is 79.9. The van der Waals surface area contributed by atoms with E-state index < -0.39 is 0 Å². The first kappa shape index (κ1) is 17.2. The third-order valence-electron chi connectivity index (χ3n) is 3.39. The predicted molar refractivity (Wildman–Crippen MR) is 90.0 cm³/mol. The minimum atomic E-state index is 0.123. The van der Waals surface area contributed by atoms with E-state index in [9.17, 15) is 4.79 Å². The minimum absolute atomic E-state index is 0.123. The van der Waals surface area contributed by atoms with Crippen molar-refractivity contribution in [2.24, 2.45) is 0 Å². The number of hydrogen-bond acceptors (Lipinski definition) is 1. The minimum Gasteiger partial charge on any atom is -0.326 e. The van der Waals surface area contributed by atoms with E-state index in [1.165, 1.54) is 44.9 Å². The molecule has 0 aliphatic rings. The Labute approximate surface area is 131 Å². The van der Waals surface area contributed by atoms with Crippen LogP contribution in [0.3, 0.4) is 0 Å². The fourth-order valence-electron chi connectivity index (χ4n) is 2.18. The van der Waals surface area contributed by atoms with Gasteiger partial charge in [-0.2, -0.15) is 0 Å². The van der Waals surface area contributed by atoms with Crippen molar-refractivity contribution in [2.75, 3.05) is 5.32 Å². The van der Waals surface area contributed by atoms with Gasteiger partial charge in [0.2, 0.25) is 5.91 Å². The number of halogens is 1. The molecular formula is C17H26BrNO. The van der Waals surface area contributed by atoms with Gasteiger partial charge < -0.3 is 5.32 Å². The van der Waals surface area contributed by atoms with Gasteiger partial charge >= 0.3 is 0 Å². The van der Waals surface area contributed by atoms with Crippen LogP contribution in [0.1, 0.15) is 64.7 Å². The Morgan fingerprint density at radius 2 is 1.50 bits per heavy atom. The summed E-state index contributed by atoms with van der Waals surface area (Å²) in [7, 11) is 0. The second-order valence-electron chi connectivity index (χ2n) is 5.28. The molecule has 0 saturated carbocycles. The number of unbranched alkanes of at least 4 members (excludes halogenated alkanes) is 7. The maximum atomic E-state index is 11.7. The standard InChI is InChI=1S/C17H26BrNO/c1-2-3-4-5-6-7-8-9-10-17(20)19-16-13-11-15(18)12-14-16/h11-14H,2-10H2,1H3,(H,19,20). The lowest BCUT2D eigenvalue weighted by Crippen LogP contribution is -2.10. The highest BCUT2D eigenvalue weighted by Gasteiger charge is 2.02. The maximum Gasteiger partial charge on any atom is 0.224 e. The van der Waals surface area contributed by atoms with Gasteiger partial charge in [0, 0.05) is 16.6 Å². The van der Waals surface area contributed by atoms with E-state index in [1.54, 1.807) is 0 Å². The molecule has 0 saturated heterocycles. The van der Waals surface area contributed by atoms with Gasteiger partial charge in [0.25, 0.3) is 0 Å². The average molecular weight is 340 g/mol. The molecule has 1 rings (SSSR count). The molecular weight excluding hydrogens is 314 g/mol. The summed E-state index contributed by atoms with van der Waals surface area (Å²) in [4.78, 5) is 11.7. The van der Waals surface area contributed by atoms with Crippen molar-refractivity contribution in [3.63, 3.8) is 0 Å². The summed E-state index contributed by atoms with van der Waals surface area (Å²) in [5, 5.41) is 2.93. The van der Waals surface area contributed by atoms with Crippen LogP contribution in [0.2, 0.25) is 0 Å². The van der Waals surface area contributed by atoms with Crippen molar-refractivity contribution in [3.8, 4) is 0 Å². The maximum absolute atomic E-state index is 11.7. The number of rotatable bonds is 10. The van der Waals surface area contributed by atoms with E-state index >= 15 is 0 Å². The molecule has 112 valence electrons. The highest BCUT2D eigenvalue weighted by Crippen LogP contribution is 2.15. The van der Waals surface area contributed by atoms with Crippen molar-refractivity contribution < 1.29 is 4.79 Å². The van der Waals surface area contributed by atoms with Crippen molar-refractivity contribution in [1.82, 2.24) is 0 Å². The summed E-state index contributed by atoms with van der Waals surface area (Å²) in [5.41, 5.74) is 0.873. The van der Waals surface area contributed by atoms with Crippen LogP contribution in [-0.2, 0) is 4.79 Å². The lowest BCUT2D eigenvalue weighted by molar-refractivity contribution is -0.116. The van der Waals surface area contributed by atoms with E-state index in [2.05, 4.69) is 28.2 Å². The van der Waals surface area contributed by atoms with Gasteiger partial charge in [-0.15, -0.1) is 0 Å². The van der Waals surface area contributed by atoms with Crippen molar-refractivity contribution in [1.29, 1.82) is 0 Å². The zero-order valence-electron chi connectivity index (χ0n) is 12.5. The molecule has 0 heterocycles. The normalized spacial score (nSPS) is 10.5. The van der Waals surface area contributed by atoms with Crippen molar-refractivity contribution >= 4 is 27.5 Å². The molecule has 0 spiro atoms. The third kappa shape index (κ3) is 8.36. The second-order valence-corrected chi connectivity index (χ2v) is 6.20. The predicted octanol–water partition coefficient (Wildman–Crippen LogP) is 5.92. The molecule has 0 aliphatic heterocycles. The zero-order chi connectivity index (χ0) is 14.6. The van der Waals surface area contributed by atoms with Gasteiger partial charge in [-0.1, -0.05) is 67.8 Å². The number of hydrogen-bond donors (Lipinski definition) is 1. The van der Waals surface area contributed by atoms with Gasteiger partial charge in [-0.05, 0) is 30.7 Å². The van der Waals surface area contributed by atoms with Gasteiger partial charge in [0.15, 0.2) is 0 Å². The molecule has 0 fully saturated rings. The lowest BCUT2D eigenvalue weighted by atomic mass is 10.1. The first-order chi connectivity index (χ1) is 9.72. The van der Waals surface area contributed by atoms with Crippen molar-refractivity contribution in [3.05, 3.63) is 28.7 Å². The smallest absolute Gasteiger partial charge is 0.224 e. The summed E-state index contributed by atoms with van der Waals surface area (Å²) in [6.45, 7) is 2.24. The Morgan fingerprint density at radius 1 is 0.950 bits per heavy atom. The topological polar surface area (TPSA) is 29.1 Å². The van der Waals surface area contributed by atoms with Crippen LogP contribution in [-0.4, -0.2) is 5.91 Å². The average Bonchev–Trinajstić information content (AvgIpc) is 2.44. The number of anilines is 1. The molecule has 2 nitrogen and oxygen atoms in total. The van der Waals surface area contributed by atoms with Crippen LogP contribution < -0.4 is 5.32 Å². The molecule has 1 N–H and O–H groups in total. The van der Waals surface area contributed by atoms with Crippen LogP contribution in [0.25, 0.3) is 0 Å². The Hall–Kier alpha value is -0.830.